The summed E-state index contributed by atoms with van der Waals surface area (Å²) in [5.74, 6) is -2.76. The van der Waals surface area contributed by atoms with Gasteiger partial charge in [0.1, 0.15) is 0 Å². The Morgan fingerprint density at radius 1 is 1.58 bits per heavy atom. The van der Waals surface area contributed by atoms with E-state index in [1.165, 1.54) is 13.0 Å². The predicted octanol–water partition coefficient (Wildman–Crippen LogP) is 1.00. The molecule has 1 rings (SSSR count). The van der Waals surface area contributed by atoms with Crippen molar-refractivity contribution in [3.63, 3.8) is 0 Å². The molecular formula is C6H10F3NO2. The highest BCUT2D eigenvalue weighted by atomic mass is 19.4. The van der Waals surface area contributed by atoms with Gasteiger partial charge in [-0.15, -0.1) is 0 Å². The molecule has 0 spiro atoms. The molecule has 0 bridgehead atoms. The number of hydrogen-bond donors (Lipinski definition) is 2. The molecule has 1 heterocycles. The van der Waals surface area contributed by atoms with Gasteiger partial charge in [-0.05, 0) is 19.9 Å². The van der Waals surface area contributed by atoms with Crippen LogP contribution in [0.4, 0.5) is 13.2 Å². The molecule has 1 aliphatic heterocycles. The highest BCUT2D eigenvalue weighted by molar-refractivity contribution is 5.73. The van der Waals surface area contributed by atoms with Crippen LogP contribution in [-0.4, -0.2) is 29.8 Å². The zero-order valence-corrected chi connectivity index (χ0v) is 6.48. The highest BCUT2D eigenvalue weighted by Crippen LogP contribution is 2.13. The summed E-state index contributed by atoms with van der Waals surface area (Å²) in [4.78, 5) is 8.90. The Hall–Kier alpha value is -0.780. The zero-order chi connectivity index (χ0) is 9.78. The molecule has 72 valence electrons. The lowest BCUT2D eigenvalue weighted by molar-refractivity contribution is -0.192. The molecule has 0 saturated carbocycles. The van der Waals surface area contributed by atoms with Crippen LogP contribution in [0.2, 0.25) is 0 Å². The van der Waals surface area contributed by atoms with Crippen LogP contribution in [0.15, 0.2) is 0 Å². The molecule has 1 fully saturated rings. The van der Waals surface area contributed by atoms with Crippen molar-refractivity contribution in [1.29, 1.82) is 0 Å². The van der Waals surface area contributed by atoms with E-state index in [1.807, 2.05) is 0 Å². The van der Waals surface area contributed by atoms with Gasteiger partial charge >= 0.3 is 12.1 Å². The predicted molar refractivity (Wildman–Crippen MR) is 35.8 cm³/mol. The second kappa shape index (κ2) is 4.30. The lowest BCUT2D eigenvalue weighted by atomic mass is 10.1. The van der Waals surface area contributed by atoms with Gasteiger partial charge in [0.15, 0.2) is 0 Å². The molecule has 0 aromatic rings. The summed E-state index contributed by atoms with van der Waals surface area (Å²) in [6, 6.07) is 0.815. The van der Waals surface area contributed by atoms with Crippen LogP contribution in [0.3, 0.4) is 0 Å². The first-order chi connectivity index (χ1) is 5.34. The molecule has 0 aromatic heterocycles. The maximum Gasteiger partial charge on any atom is 0.490 e. The third-order valence-corrected chi connectivity index (χ3v) is 1.31. The Balaban J connectivity index is 0.000000211. The van der Waals surface area contributed by atoms with Gasteiger partial charge in [0, 0.05) is 6.04 Å². The van der Waals surface area contributed by atoms with E-state index in [1.54, 1.807) is 0 Å². The summed E-state index contributed by atoms with van der Waals surface area (Å²) in [5, 5.41) is 10.3. The molecule has 3 nitrogen and oxygen atoms in total. The molecule has 2 N–H and O–H groups in total. The number of alkyl halides is 3. The minimum Gasteiger partial charge on any atom is -0.475 e. The molecule has 1 atom stereocenters. The number of hydrogen-bond acceptors (Lipinski definition) is 2. The van der Waals surface area contributed by atoms with Gasteiger partial charge in [-0.2, -0.15) is 13.2 Å². The Bertz CT molecular complexity index is 153. The standard InChI is InChI=1S/C4H9N.C2HF3O2/c1-4-2-3-5-4;3-2(4,5)1(6)7/h4-5H,2-3H2,1H3;(H,6,7). The fraction of sp³-hybridized carbons (Fsp3) is 0.833. The van der Waals surface area contributed by atoms with E-state index in [2.05, 4.69) is 12.2 Å². The molecular weight excluding hydrogens is 175 g/mol. The first-order valence-electron chi connectivity index (χ1n) is 3.37. The first-order valence-corrected chi connectivity index (χ1v) is 3.37. The van der Waals surface area contributed by atoms with Gasteiger partial charge in [0.25, 0.3) is 0 Å². The van der Waals surface area contributed by atoms with Gasteiger partial charge in [-0.1, -0.05) is 0 Å². The van der Waals surface area contributed by atoms with Crippen molar-refractivity contribution in [1.82, 2.24) is 5.32 Å². The molecule has 6 heteroatoms. The fourth-order valence-corrected chi connectivity index (χ4v) is 0.433. The quantitative estimate of drug-likeness (QED) is 0.592. The maximum atomic E-state index is 10.6. The van der Waals surface area contributed by atoms with E-state index in [0.717, 1.165) is 6.04 Å². The summed E-state index contributed by atoms with van der Waals surface area (Å²) < 4.78 is 31.7. The van der Waals surface area contributed by atoms with Crippen molar-refractivity contribution in [3.8, 4) is 0 Å². The number of halogens is 3. The van der Waals surface area contributed by atoms with E-state index >= 15 is 0 Å². The van der Waals surface area contributed by atoms with Crippen LogP contribution in [0.1, 0.15) is 13.3 Å². The van der Waals surface area contributed by atoms with Gasteiger partial charge in [0.2, 0.25) is 0 Å². The summed E-state index contributed by atoms with van der Waals surface area (Å²) >= 11 is 0. The van der Waals surface area contributed by atoms with Gasteiger partial charge in [0.05, 0.1) is 0 Å². The lowest BCUT2D eigenvalue weighted by Crippen LogP contribution is -2.39. The molecule has 0 aromatic carbocycles. The Labute approximate surface area is 67.6 Å². The molecule has 1 aliphatic rings. The number of carboxylic acid groups (broad SMARTS) is 1. The van der Waals surface area contributed by atoms with Crippen LogP contribution in [0.5, 0.6) is 0 Å². The van der Waals surface area contributed by atoms with Crippen molar-refractivity contribution < 1.29 is 23.1 Å². The van der Waals surface area contributed by atoms with Gasteiger partial charge in [-0.3, -0.25) is 0 Å². The number of nitrogens with one attached hydrogen (secondary N) is 1. The normalized spacial score (nSPS) is 21.8. The summed E-state index contributed by atoms with van der Waals surface area (Å²) in [6.07, 6.45) is -3.71. The van der Waals surface area contributed by atoms with E-state index < -0.39 is 12.1 Å². The van der Waals surface area contributed by atoms with E-state index in [-0.39, 0.29) is 0 Å². The molecule has 0 radical (unpaired) electrons. The number of aliphatic carboxylic acids is 1. The van der Waals surface area contributed by atoms with Crippen molar-refractivity contribution >= 4 is 5.97 Å². The minimum atomic E-state index is -5.08. The molecule has 0 amide bonds. The summed E-state index contributed by atoms with van der Waals surface area (Å²) in [5.41, 5.74) is 0. The first kappa shape index (κ1) is 11.2. The zero-order valence-electron chi connectivity index (χ0n) is 6.48. The maximum absolute atomic E-state index is 10.6. The van der Waals surface area contributed by atoms with Gasteiger partial charge < -0.3 is 10.4 Å². The van der Waals surface area contributed by atoms with Crippen LogP contribution in [-0.2, 0) is 4.79 Å². The second-order valence-corrected chi connectivity index (χ2v) is 2.45. The molecule has 0 aliphatic carbocycles. The van der Waals surface area contributed by atoms with E-state index in [9.17, 15) is 13.2 Å². The van der Waals surface area contributed by atoms with Crippen molar-refractivity contribution in [2.24, 2.45) is 0 Å². The fourth-order valence-electron chi connectivity index (χ4n) is 0.433. The van der Waals surface area contributed by atoms with Crippen molar-refractivity contribution in [3.05, 3.63) is 0 Å². The summed E-state index contributed by atoms with van der Waals surface area (Å²) in [6.45, 7) is 3.44. The van der Waals surface area contributed by atoms with Gasteiger partial charge in [-0.25, -0.2) is 4.79 Å². The smallest absolute Gasteiger partial charge is 0.475 e. The third kappa shape index (κ3) is 4.95. The van der Waals surface area contributed by atoms with Crippen LogP contribution in [0.25, 0.3) is 0 Å². The molecule has 1 unspecified atom stereocenters. The Kier molecular flexibility index (Phi) is 4.02. The average molecular weight is 185 g/mol. The van der Waals surface area contributed by atoms with E-state index in [4.69, 9.17) is 9.90 Å². The Morgan fingerprint density at radius 3 is 1.83 bits per heavy atom. The van der Waals surface area contributed by atoms with Crippen molar-refractivity contribution in [2.75, 3.05) is 6.54 Å². The molecule has 1 saturated heterocycles. The Morgan fingerprint density at radius 2 is 1.83 bits per heavy atom. The number of carboxylic acids is 1. The average Bonchev–Trinajstić information content (AvgIpc) is 1.83. The van der Waals surface area contributed by atoms with Crippen LogP contribution >= 0.6 is 0 Å². The van der Waals surface area contributed by atoms with Crippen LogP contribution < -0.4 is 5.32 Å². The van der Waals surface area contributed by atoms with Crippen molar-refractivity contribution in [2.45, 2.75) is 25.6 Å². The largest absolute Gasteiger partial charge is 0.490 e. The lowest BCUT2D eigenvalue weighted by Gasteiger charge is -2.22. The minimum absolute atomic E-state index is 0.815. The topological polar surface area (TPSA) is 49.3 Å². The third-order valence-electron chi connectivity index (χ3n) is 1.31. The number of rotatable bonds is 0. The SMILES string of the molecule is CC1CCN1.O=C(O)C(F)(F)F. The second-order valence-electron chi connectivity index (χ2n) is 2.45. The number of carbonyl (C=O) groups is 1. The monoisotopic (exact) mass is 185 g/mol. The van der Waals surface area contributed by atoms with E-state index in [0.29, 0.717) is 0 Å². The highest BCUT2D eigenvalue weighted by Gasteiger charge is 2.38. The molecule has 12 heavy (non-hydrogen) atoms. The summed E-state index contributed by atoms with van der Waals surface area (Å²) in [7, 11) is 0. The van der Waals surface area contributed by atoms with Crippen LogP contribution in [0, 0.1) is 0 Å².